The normalized spacial score (nSPS) is 10.3. The Morgan fingerprint density at radius 2 is 1.58 bits per heavy atom. The van der Waals surface area contributed by atoms with Crippen molar-refractivity contribution in [1.82, 2.24) is 10.2 Å². The van der Waals surface area contributed by atoms with E-state index in [1.807, 2.05) is 0 Å². The number of hydrogen-bond acceptors (Lipinski definition) is 5. The van der Waals surface area contributed by atoms with Gasteiger partial charge in [-0.3, -0.25) is 4.79 Å². The highest BCUT2D eigenvalue weighted by Gasteiger charge is 2.13. The first kappa shape index (κ1) is 17.3. The first-order valence-electron chi connectivity index (χ1n) is 7.57. The number of ether oxygens (including phenoxy) is 1. The molecule has 2 N–H and O–H groups in total. The van der Waals surface area contributed by atoms with Crippen molar-refractivity contribution in [3.8, 4) is 5.75 Å². The van der Waals surface area contributed by atoms with Crippen molar-refractivity contribution in [1.29, 1.82) is 0 Å². The van der Waals surface area contributed by atoms with Crippen LogP contribution in [0, 0.1) is 11.6 Å². The van der Waals surface area contributed by atoms with Crippen LogP contribution in [0.3, 0.4) is 0 Å². The molecule has 0 bridgehead atoms. The van der Waals surface area contributed by atoms with Crippen molar-refractivity contribution < 1.29 is 18.3 Å². The Bertz CT molecular complexity index is 912. The van der Waals surface area contributed by atoms with Gasteiger partial charge in [-0.15, -0.1) is 10.2 Å². The van der Waals surface area contributed by atoms with Crippen molar-refractivity contribution in [3.05, 3.63) is 71.8 Å². The lowest BCUT2D eigenvalue weighted by molar-refractivity contribution is 0.102. The van der Waals surface area contributed by atoms with E-state index in [9.17, 15) is 13.6 Å². The molecule has 1 amide bonds. The van der Waals surface area contributed by atoms with Crippen molar-refractivity contribution in [2.45, 2.75) is 0 Å². The number of anilines is 3. The standard InChI is InChI=1S/C18H14F2N4O2/c1-26-14-8-3-2-5-11(14)18(25)22-16-10-9-15(23-24-16)21-17-12(19)6-4-7-13(17)20/h2-10H,1H3,(H,21,23)(H,22,24,25). The third kappa shape index (κ3) is 3.75. The summed E-state index contributed by atoms with van der Waals surface area (Å²) in [6, 6.07) is 13.1. The molecule has 0 saturated carbocycles. The number of halogens is 2. The Morgan fingerprint density at radius 1 is 0.923 bits per heavy atom. The summed E-state index contributed by atoms with van der Waals surface area (Å²) in [6.45, 7) is 0. The van der Waals surface area contributed by atoms with Crippen molar-refractivity contribution in [3.63, 3.8) is 0 Å². The molecule has 3 rings (SSSR count). The second-order valence-corrected chi connectivity index (χ2v) is 5.18. The van der Waals surface area contributed by atoms with E-state index in [4.69, 9.17) is 4.74 Å². The van der Waals surface area contributed by atoms with Gasteiger partial charge in [0.15, 0.2) is 11.6 Å². The Hall–Kier alpha value is -3.55. The second kappa shape index (κ2) is 7.56. The number of benzene rings is 2. The van der Waals surface area contributed by atoms with Crippen LogP contribution < -0.4 is 15.4 Å². The highest BCUT2D eigenvalue weighted by atomic mass is 19.1. The number of nitrogens with zero attached hydrogens (tertiary/aromatic N) is 2. The number of methoxy groups -OCH3 is 1. The smallest absolute Gasteiger partial charge is 0.260 e. The minimum atomic E-state index is -0.750. The molecular formula is C18H14F2N4O2. The van der Waals surface area contributed by atoms with Gasteiger partial charge in [-0.05, 0) is 36.4 Å². The lowest BCUT2D eigenvalue weighted by atomic mass is 10.2. The molecule has 0 aliphatic carbocycles. The maximum atomic E-state index is 13.6. The molecule has 3 aromatic rings. The van der Waals surface area contributed by atoms with Crippen LogP contribution in [-0.2, 0) is 0 Å². The molecule has 6 nitrogen and oxygen atoms in total. The zero-order chi connectivity index (χ0) is 18.5. The number of amides is 1. The molecule has 0 aliphatic rings. The molecule has 8 heteroatoms. The van der Waals surface area contributed by atoms with Gasteiger partial charge in [-0.25, -0.2) is 8.78 Å². The summed E-state index contributed by atoms with van der Waals surface area (Å²) >= 11 is 0. The van der Waals surface area contributed by atoms with Gasteiger partial charge in [-0.1, -0.05) is 18.2 Å². The number of aromatic nitrogens is 2. The number of para-hydroxylation sites is 2. The molecule has 0 spiro atoms. The average Bonchev–Trinajstić information content (AvgIpc) is 2.66. The van der Waals surface area contributed by atoms with Gasteiger partial charge in [-0.2, -0.15) is 0 Å². The molecule has 1 heterocycles. The van der Waals surface area contributed by atoms with E-state index in [-0.39, 0.29) is 17.3 Å². The Kier molecular flexibility index (Phi) is 5.02. The molecule has 2 aromatic carbocycles. The molecule has 0 fully saturated rings. The van der Waals surface area contributed by atoms with Crippen LogP contribution in [0.1, 0.15) is 10.4 Å². The van der Waals surface area contributed by atoms with E-state index in [2.05, 4.69) is 20.8 Å². The summed E-state index contributed by atoms with van der Waals surface area (Å²) in [5.74, 6) is -1.19. The highest BCUT2D eigenvalue weighted by molar-refractivity contribution is 6.05. The predicted molar refractivity (Wildman–Crippen MR) is 92.6 cm³/mol. The van der Waals surface area contributed by atoms with Crippen molar-refractivity contribution >= 4 is 23.2 Å². The van der Waals surface area contributed by atoms with Crippen LogP contribution in [-0.4, -0.2) is 23.2 Å². The number of rotatable bonds is 5. The van der Waals surface area contributed by atoms with Crippen molar-refractivity contribution in [2.24, 2.45) is 0 Å². The van der Waals surface area contributed by atoms with Gasteiger partial charge < -0.3 is 15.4 Å². The average molecular weight is 356 g/mol. The van der Waals surface area contributed by atoms with Crippen LogP contribution in [0.4, 0.5) is 26.1 Å². The summed E-state index contributed by atoms with van der Waals surface area (Å²) in [7, 11) is 1.47. The van der Waals surface area contributed by atoms with Crippen LogP contribution in [0.15, 0.2) is 54.6 Å². The first-order valence-corrected chi connectivity index (χ1v) is 7.57. The quantitative estimate of drug-likeness (QED) is 0.728. The second-order valence-electron chi connectivity index (χ2n) is 5.18. The zero-order valence-corrected chi connectivity index (χ0v) is 13.7. The van der Waals surface area contributed by atoms with Crippen LogP contribution in [0.5, 0.6) is 5.75 Å². The van der Waals surface area contributed by atoms with Crippen LogP contribution >= 0.6 is 0 Å². The Morgan fingerprint density at radius 3 is 2.23 bits per heavy atom. The van der Waals surface area contributed by atoms with Crippen molar-refractivity contribution in [2.75, 3.05) is 17.7 Å². The fourth-order valence-corrected chi connectivity index (χ4v) is 2.23. The number of carbonyl (C=O) groups is 1. The Labute approximate surface area is 147 Å². The van der Waals surface area contributed by atoms with Gasteiger partial charge in [0.2, 0.25) is 0 Å². The summed E-state index contributed by atoms with van der Waals surface area (Å²) < 4.78 is 32.4. The summed E-state index contributed by atoms with van der Waals surface area (Å²) in [5.41, 5.74) is 0.0139. The zero-order valence-electron chi connectivity index (χ0n) is 13.7. The van der Waals surface area contributed by atoms with E-state index in [0.717, 1.165) is 12.1 Å². The van der Waals surface area contributed by atoms with Gasteiger partial charge in [0.1, 0.15) is 23.1 Å². The maximum Gasteiger partial charge on any atom is 0.260 e. The van der Waals surface area contributed by atoms with Crippen LogP contribution in [0.25, 0.3) is 0 Å². The summed E-state index contributed by atoms with van der Waals surface area (Å²) in [6.07, 6.45) is 0. The lowest BCUT2D eigenvalue weighted by Crippen LogP contribution is -2.14. The minimum Gasteiger partial charge on any atom is -0.496 e. The van der Waals surface area contributed by atoms with E-state index < -0.39 is 17.5 Å². The molecule has 0 radical (unpaired) electrons. The number of hydrogen-bond donors (Lipinski definition) is 2. The molecule has 1 aromatic heterocycles. The predicted octanol–water partition coefficient (Wildman–Crippen LogP) is 3.76. The molecule has 26 heavy (non-hydrogen) atoms. The maximum absolute atomic E-state index is 13.6. The minimum absolute atomic E-state index is 0.129. The van der Waals surface area contributed by atoms with E-state index in [1.165, 1.54) is 25.3 Å². The lowest BCUT2D eigenvalue weighted by Gasteiger charge is -2.09. The Balaban J connectivity index is 1.73. The molecule has 132 valence electrons. The van der Waals surface area contributed by atoms with Crippen LogP contribution in [0.2, 0.25) is 0 Å². The third-order valence-electron chi connectivity index (χ3n) is 3.47. The topological polar surface area (TPSA) is 76.1 Å². The van der Waals surface area contributed by atoms with E-state index >= 15 is 0 Å². The molecule has 0 aliphatic heterocycles. The number of nitrogens with one attached hydrogen (secondary N) is 2. The van der Waals surface area contributed by atoms with Gasteiger partial charge in [0.05, 0.1) is 12.7 Å². The molecule has 0 atom stereocenters. The number of carbonyl (C=O) groups excluding carboxylic acids is 1. The summed E-state index contributed by atoms with van der Waals surface area (Å²) in [5, 5.41) is 12.7. The largest absolute Gasteiger partial charge is 0.496 e. The van der Waals surface area contributed by atoms with E-state index in [0.29, 0.717) is 11.3 Å². The monoisotopic (exact) mass is 356 g/mol. The molecule has 0 saturated heterocycles. The highest BCUT2D eigenvalue weighted by Crippen LogP contribution is 2.22. The first-order chi connectivity index (χ1) is 12.6. The summed E-state index contributed by atoms with van der Waals surface area (Å²) in [4.78, 5) is 12.3. The van der Waals surface area contributed by atoms with E-state index in [1.54, 1.807) is 24.3 Å². The molecular weight excluding hydrogens is 342 g/mol. The van der Waals surface area contributed by atoms with Gasteiger partial charge in [0.25, 0.3) is 5.91 Å². The fourth-order valence-electron chi connectivity index (χ4n) is 2.23. The fraction of sp³-hybridized carbons (Fsp3) is 0.0556. The van der Waals surface area contributed by atoms with Gasteiger partial charge in [0, 0.05) is 0 Å². The third-order valence-corrected chi connectivity index (χ3v) is 3.47. The molecule has 0 unspecified atom stereocenters. The SMILES string of the molecule is COc1ccccc1C(=O)Nc1ccc(Nc2c(F)cccc2F)nn1. The van der Waals surface area contributed by atoms with Gasteiger partial charge >= 0.3 is 0 Å².